The van der Waals surface area contributed by atoms with Crippen LogP contribution in [0, 0.1) is 6.92 Å². The lowest BCUT2D eigenvalue weighted by Crippen LogP contribution is -2.38. The molecule has 0 saturated carbocycles. The maximum Gasteiger partial charge on any atom is 0.244 e. The van der Waals surface area contributed by atoms with Crippen LogP contribution in [0.2, 0.25) is 0 Å². The maximum atomic E-state index is 12.9. The zero-order valence-corrected chi connectivity index (χ0v) is 18.1. The Morgan fingerprint density at radius 2 is 1.68 bits per heavy atom. The zero-order valence-electron chi connectivity index (χ0n) is 18.1. The number of nitrogens with zero attached hydrogens (tertiary/aromatic N) is 1. The Kier molecular flexibility index (Phi) is 6.65. The molecule has 2 amide bonds. The average molecular weight is 381 g/mol. The lowest BCUT2D eigenvalue weighted by molar-refractivity contribution is -0.120. The summed E-state index contributed by atoms with van der Waals surface area (Å²) in [6, 6.07) is 13.8. The van der Waals surface area contributed by atoms with Crippen molar-refractivity contribution in [1.82, 2.24) is 0 Å². The molecule has 0 unspecified atom stereocenters. The van der Waals surface area contributed by atoms with Crippen molar-refractivity contribution in [2.24, 2.45) is 0 Å². The number of anilines is 2. The van der Waals surface area contributed by atoms with Gasteiger partial charge in [-0.05, 0) is 41.0 Å². The molecule has 0 radical (unpaired) electrons. The monoisotopic (exact) mass is 380 g/mol. The molecule has 4 nitrogen and oxygen atoms in total. The molecular weight excluding hydrogens is 348 g/mol. The highest BCUT2D eigenvalue weighted by atomic mass is 16.2. The largest absolute Gasteiger partial charge is 0.324 e. The molecule has 0 spiro atoms. The van der Waals surface area contributed by atoms with Gasteiger partial charge in [0.1, 0.15) is 6.54 Å². The Labute approximate surface area is 169 Å². The molecule has 2 rings (SSSR count). The number of hydrogen-bond acceptors (Lipinski definition) is 2. The number of para-hydroxylation sites is 2. The molecule has 4 heteroatoms. The van der Waals surface area contributed by atoms with Gasteiger partial charge in [-0.25, -0.2) is 0 Å². The number of carbonyl (C=O) groups is 2. The number of rotatable bonds is 5. The van der Waals surface area contributed by atoms with Crippen LogP contribution in [0.15, 0.2) is 42.5 Å². The molecule has 0 aliphatic heterocycles. The summed E-state index contributed by atoms with van der Waals surface area (Å²) in [5, 5.41) is 3.04. The minimum Gasteiger partial charge on any atom is -0.324 e. The van der Waals surface area contributed by atoms with E-state index in [0.717, 1.165) is 28.1 Å². The summed E-state index contributed by atoms with van der Waals surface area (Å²) < 4.78 is 0. The van der Waals surface area contributed by atoms with Crippen molar-refractivity contribution < 1.29 is 9.59 Å². The fourth-order valence-corrected chi connectivity index (χ4v) is 3.37. The summed E-state index contributed by atoms with van der Waals surface area (Å²) in [5.74, 6) is -0.0587. The van der Waals surface area contributed by atoms with E-state index in [1.54, 1.807) is 4.90 Å². The van der Waals surface area contributed by atoms with Crippen LogP contribution in [-0.4, -0.2) is 18.4 Å². The summed E-state index contributed by atoms with van der Waals surface area (Å²) in [6.45, 7) is 14.0. The molecule has 1 N–H and O–H groups in total. The van der Waals surface area contributed by atoms with E-state index >= 15 is 0 Å². The summed E-state index contributed by atoms with van der Waals surface area (Å²) in [4.78, 5) is 26.8. The van der Waals surface area contributed by atoms with Crippen LogP contribution >= 0.6 is 0 Å². The molecule has 0 atom stereocenters. The van der Waals surface area contributed by atoms with Gasteiger partial charge in [-0.2, -0.15) is 0 Å². The Bertz CT molecular complexity index is 863. The second-order valence-electron chi connectivity index (χ2n) is 8.61. The predicted octanol–water partition coefficient (Wildman–Crippen LogP) is 5.41. The molecule has 0 fully saturated rings. The SMILES string of the molecule is CC(=O)N(CC(=O)Nc1c(C)cccc1C(C)C)c1ccccc1C(C)(C)C. The molecule has 0 saturated heterocycles. The van der Waals surface area contributed by atoms with E-state index < -0.39 is 0 Å². The normalized spacial score (nSPS) is 11.4. The minimum atomic E-state index is -0.199. The van der Waals surface area contributed by atoms with Gasteiger partial charge in [0.15, 0.2) is 0 Å². The van der Waals surface area contributed by atoms with Crippen molar-refractivity contribution in [3.05, 3.63) is 59.2 Å². The second kappa shape index (κ2) is 8.59. The average Bonchev–Trinajstić information content (AvgIpc) is 2.60. The highest BCUT2D eigenvalue weighted by Gasteiger charge is 2.24. The first kappa shape index (κ1) is 21.7. The third-order valence-corrected chi connectivity index (χ3v) is 4.88. The van der Waals surface area contributed by atoms with Crippen LogP contribution in [0.25, 0.3) is 0 Å². The minimum absolute atomic E-state index is 0.0195. The third kappa shape index (κ3) is 5.00. The van der Waals surface area contributed by atoms with Gasteiger partial charge >= 0.3 is 0 Å². The van der Waals surface area contributed by atoms with Gasteiger partial charge in [0.05, 0.1) is 0 Å². The van der Waals surface area contributed by atoms with Crippen LogP contribution in [0.5, 0.6) is 0 Å². The Balaban J connectivity index is 2.33. The van der Waals surface area contributed by atoms with E-state index in [0.29, 0.717) is 5.92 Å². The molecule has 150 valence electrons. The summed E-state index contributed by atoms with van der Waals surface area (Å²) in [7, 11) is 0. The highest BCUT2D eigenvalue weighted by molar-refractivity contribution is 6.02. The van der Waals surface area contributed by atoms with Gasteiger partial charge in [-0.1, -0.05) is 71.0 Å². The lowest BCUT2D eigenvalue weighted by Gasteiger charge is -2.29. The van der Waals surface area contributed by atoms with Crippen LogP contribution < -0.4 is 10.2 Å². The highest BCUT2D eigenvalue weighted by Crippen LogP contribution is 2.32. The number of aryl methyl sites for hydroxylation is 1. The van der Waals surface area contributed by atoms with Gasteiger partial charge in [-0.15, -0.1) is 0 Å². The number of amides is 2. The summed E-state index contributed by atoms with van der Waals surface area (Å²) >= 11 is 0. The van der Waals surface area contributed by atoms with Crippen molar-refractivity contribution in [3.63, 3.8) is 0 Å². The van der Waals surface area contributed by atoms with E-state index in [-0.39, 0.29) is 23.8 Å². The van der Waals surface area contributed by atoms with E-state index in [4.69, 9.17) is 0 Å². The quantitative estimate of drug-likeness (QED) is 0.754. The van der Waals surface area contributed by atoms with Crippen molar-refractivity contribution in [1.29, 1.82) is 0 Å². The molecule has 0 aliphatic carbocycles. The second-order valence-corrected chi connectivity index (χ2v) is 8.61. The lowest BCUT2D eigenvalue weighted by atomic mass is 9.85. The first-order valence-corrected chi connectivity index (χ1v) is 9.79. The van der Waals surface area contributed by atoms with Crippen molar-refractivity contribution in [2.45, 2.75) is 59.8 Å². The number of carbonyl (C=O) groups excluding carboxylic acids is 2. The third-order valence-electron chi connectivity index (χ3n) is 4.88. The van der Waals surface area contributed by atoms with E-state index in [2.05, 4.69) is 39.9 Å². The van der Waals surface area contributed by atoms with Crippen LogP contribution in [0.3, 0.4) is 0 Å². The molecule has 2 aromatic rings. The summed E-state index contributed by atoms with van der Waals surface area (Å²) in [6.07, 6.45) is 0. The Morgan fingerprint density at radius 3 is 2.25 bits per heavy atom. The zero-order chi connectivity index (χ0) is 21.1. The van der Waals surface area contributed by atoms with Gasteiger partial charge in [0.2, 0.25) is 11.8 Å². The fraction of sp³-hybridized carbons (Fsp3) is 0.417. The Morgan fingerprint density at radius 1 is 1.04 bits per heavy atom. The standard InChI is InChI=1S/C24H32N2O2/c1-16(2)19-12-10-11-17(3)23(19)25-22(28)15-26(18(4)27)21-14-9-8-13-20(21)24(5,6)7/h8-14,16H,15H2,1-7H3,(H,25,28). The topological polar surface area (TPSA) is 49.4 Å². The fourth-order valence-electron chi connectivity index (χ4n) is 3.37. The predicted molar refractivity (Wildman–Crippen MR) is 117 cm³/mol. The van der Waals surface area contributed by atoms with Crippen molar-refractivity contribution in [2.75, 3.05) is 16.8 Å². The smallest absolute Gasteiger partial charge is 0.244 e. The van der Waals surface area contributed by atoms with Crippen LogP contribution in [0.4, 0.5) is 11.4 Å². The molecule has 28 heavy (non-hydrogen) atoms. The molecule has 0 bridgehead atoms. The number of hydrogen-bond donors (Lipinski definition) is 1. The van der Waals surface area contributed by atoms with Gasteiger partial charge in [0, 0.05) is 18.3 Å². The first-order chi connectivity index (χ1) is 13.0. The molecule has 0 heterocycles. The van der Waals surface area contributed by atoms with Crippen LogP contribution in [0.1, 0.15) is 64.2 Å². The van der Waals surface area contributed by atoms with Crippen molar-refractivity contribution in [3.8, 4) is 0 Å². The molecule has 2 aromatic carbocycles. The molecule has 0 aromatic heterocycles. The number of benzene rings is 2. The van der Waals surface area contributed by atoms with Crippen LogP contribution in [-0.2, 0) is 15.0 Å². The van der Waals surface area contributed by atoms with E-state index in [1.807, 2.05) is 49.4 Å². The molecular formula is C24H32N2O2. The van der Waals surface area contributed by atoms with Gasteiger partial charge in [-0.3, -0.25) is 9.59 Å². The first-order valence-electron chi connectivity index (χ1n) is 9.79. The van der Waals surface area contributed by atoms with E-state index in [1.165, 1.54) is 6.92 Å². The van der Waals surface area contributed by atoms with Gasteiger partial charge in [0.25, 0.3) is 0 Å². The summed E-state index contributed by atoms with van der Waals surface area (Å²) in [5.41, 5.74) is 4.64. The van der Waals surface area contributed by atoms with Gasteiger partial charge < -0.3 is 10.2 Å². The Hall–Kier alpha value is -2.62. The number of nitrogens with one attached hydrogen (secondary N) is 1. The van der Waals surface area contributed by atoms with Crippen molar-refractivity contribution >= 4 is 23.2 Å². The van der Waals surface area contributed by atoms with E-state index in [9.17, 15) is 9.59 Å². The molecule has 0 aliphatic rings. The maximum absolute atomic E-state index is 12.9.